The van der Waals surface area contributed by atoms with Gasteiger partial charge < -0.3 is 5.73 Å². The maximum absolute atomic E-state index is 11.9. The standard InChI is InChI=1S/C23H18N4O4S/c1-14(28)17-6-2-3-7-18(17)15-10-16(13-25-12-15)26-27-21-11-22(32(29,30)31)19-8-4-5-9-20(19)23(21)24/h2-13H,24H2,1H3,(H,29,30,31). The van der Waals surface area contributed by atoms with Crippen LogP contribution in [-0.4, -0.2) is 23.7 Å². The lowest BCUT2D eigenvalue weighted by molar-refractivity contribution is 0.101. The molecular formula is C23H18N4O4S. The molecule has 0 amide bonds. The van der Waals surface area contributed by atoms with Crippen molar-refractivity contribution in [3.63, 3.8) is 0 Å². The molecule has 0 unspecified atom stereocenters. The summed E-state index contributed by atoms with van der Waals surface area (Å²) in [5.74, 6) is -0.0747. The van der Waals surface area contributed by atoms with E-state index < -0.39 is 10.1 Å². The van der Waals surface area contributed by atoms with Crippen molar-refractivity contribution in [1.29, 1.82) is 0 Å². The van der Waals surface area contributed by atoms with Crippen molar-refractivity contribution in [3.8, 4) is 11.1 Å². The van der Waals surface area contributed by atoms with E-state index in [-0.39, 0.29) is 27.4 Å². The Hall–Kier alpha value is -3.95. The summed E-state index contributed by atoms with van der Waals surface area (Å²) >= 11 is 0. The van der Waals surface area contributed by atoms with Gasteiger partial charge in [-0.05, 0) is 24.6 Å². The minimum absolute atomic E-state index is 0.0747. The first-order valence-corrected chi connectivity index (χ1v) is 11.0. The average Bonchev–Trinajstić information content (AvgIpc) is 2.78. The van der Waals surface area contributed by atoms with Gasteiger partial charge in [-0.3, -0.25) is 14.3 Å². The van der Waals surface area contributed by atoms with Crippen LogP contribution in [0.5, 0.6) is 0 Å². The van der Waals surface area contributed by atoms with Gasteiger partial charge in [-0.15, -0.1) is 10.2 Å². The van der Waals surface area contributed by atoms with Crippen molar-refractivity contribution in [2.45, 2.75) is 11.8 Å². The number of hydrogen-bond donors (Lipinski definition) is 2. The number of ketones is 1. The molecule has 3 aromatic carbocycles. The fourth-order valence-electron chi connectivity index (χ4n) is 3.43. The minimum Gasteiger partial charge on any atom is -0.396 e. The van der Waals surface area contributed by atoms with E-state index >= 15 is 0 Å². The zero-order valence-electron chi connectivity index (χ0n) is 16.9. The van der Waals surface area contributed by atoms with Crippen molar-refractivity contribution in [2.24, 2.45) is 10.2 Å². The van der Waals surface area contributed by atoms with Gasteiger partial charge in [0.05, 0.1) is 11.9 Å². The Morgan fingerprint density at radius 1 is 0.969 bits per heavy atom. The van der Waals surface area contributed by atoms with E-state index in [0.717, 1.165) is 0 Å². The Kier molecular flexibility index (Phi) is 5.52. The van der Waals surface area contributed by atoms with Gasteiger partial charge in [0.15, 0.2) is 5.78 Å². The summed E-state index contributed by atoms with van der Waals surface area (Å²) in [6.07, 6.45) is 3.09. The van der Waals surface area contributed by atoms with Gasteiger partial charge in [0, 0.05) is 28.1 Å². The highest BCUT2D eigenvalue weighted by atomic mass is 32.2. The quantitative estimate of drug-likeness (QED) is 0.184. The summed E-state index contributed by atoms with van der Waals surface area (Å²) in [6.45, 7) is 1.49. The Balaban J connectivity index is 1.79. The molecule has 32 heavy (non-hydrogen) atoms. The number of pyridine rings is 1. The third kappa shape index (κ3) is 4.11. The molecule has 0 saturated carbocycles. The fraction of sp³-hybridized carbons (Fsp3) is 0.0435. The molecule has 0 aliphatic heterocycles. The smallest absolute Gasteiger partial charge is 0.295 e. The molecule has 3 N–H and O–H groups in total. The fourth-order valence-corrected chi connectivity index (χ4v) is 4.15. The maximum Gasteiger partial charge on any atom is 0.295 e. The predicted molar refractivity (Wildman–Crippen MR) is 122 cm³/mol. The molecule has 1 aromatic heterocycles. The largest absolute Gasteiger partial charge is 0.396 e. The summed E-state index contributed by atoms with van der Waals surface area (Å²) in [5, 5.41) is 8.98. The molecule has 0 saturated heterocycles. The molecule has 0 aliphatic rings. The second-order valence-electron chi connectivity index (χ2n) is 7.06. The zero-order valence-corrected chi connectivity index (χ0v) is 17.7. The third-order valence-corrected chi connectivity index (χ3v) is 5.81. The van der Waals surface area contributed by atoms with Crippen molar-refractivity contribution in [3.05, 3.63) is 78.6 Å². The number of carbonyl (C=O) groups is 1. The van der Waals surface area contributed by atoms with Gasteiger partial charge in [0.1, 0.15) is 16.3 Å². The van der Waals surface area contributed by atoms with Gasteiger partial charge in [-0.25, -0.2) is 0 Å². The number of benzene rings is 3. The van der Waals surface area contributed by atoms with Gasteiger partial charge in [-0.1, -0.05) is 48.5 Å². The summed E-state index contributed by atoms with van der Waals surface area (Å²) < 4.78 is 33.4. The zero-order chi connectivity index (χ0) is 22.9. The Bertz CT molecular complexity index is 1500. The summed E-state index contributed by atoms with van der Waals surface area (Å²) in [7, 11) is -4.51. The van der Waals surface area contributed by atoms with Crippen LogP contribution < -0.4 is 5.73 Å². The number of fused-ring (bicyclic) bond motifs is 1. The number of hydrogen-bond acceptors (Lipinski definition) is 7. The minimum atomic E-state index is -4.51. The Morgan fingerprint density at radius 3 is 2.38 bits per heavy atom. The van der Waals surface area contributed by atoms with Gasteiger partial charge in [0.2, 0.25) is 0 Å². The number of carbonyl (C=O) groups excluding carboxylic acids is 1. The summed E-state index contributed by atoms with van der Waals surface area (Å²) in [5.41, 5.74) is 8.82. The monoisotopic (exact) mass is 446 g/mol. The van der Waals surface area contributed by atoms with Crippen molar-refractivity contribution >= 4 is 43.7 Å². The molecule has 8 nitrogen and oxygen atoms in total. The Morgan fingerprint density at radius 2 is 1.66 bits per heavy atom. The number of nitrogens with two attached hydrogens (primary N) is 1. The van der Waals surface area contributed by atoms with Gasteiger partial charge in [-0.2, -0.15) is 8.42 Å². The topological polar surface area (TPSA) is 135 Å². The lowest BCUT2D eigenvalue weighted by Gasteiger charge is -2.09. The second-order valence-corrected chi connectivity index (χ2v) is 8.45. The SMILES string of the molecule is CC(=O)c1ccccc1-c1cncc(N=Nc2cc(S(=O)(=O)O)c3ccccc3c2N)c1. The maximum atomic E-state index is 11.9. The van der Waals surface area contributed by atoms with Crippen molar-refractivity contribution < 1.29 is 17.8 Å². The van der Waals surface area contributed by atoms with E-state index in [9.17, 15) is 17.8 Å². The number of Topliss-reactive ketones (excluding diaryl/α,β-unsaturated/α-hetero) is 1. The highest BCUT2D eigenvalue weighted by Crippen LogP contribution is 2.37. The molecule has 160 valence electrons. The first-order chi connectivity index (χ1) is 15.3. The van der Waals surface area contributed by atoms with Crippen molar-refractivity contribution in [1.82, 2.24) is 4.98 Å². The van der Waals surface area contributed by atoms with E-state index in [2.05, 4.69) is 15.2 Å². The number of aromatic nitrogens is 1. The average molecular weight is 446 g/mol. The van der Waals surface area contributed by atoms with E-state index in [0.29, 0.717) is 27.8 Å². The molecule has 9 heteroatoms. The van der Waals surface area contributed by atoms with E-state index in [4.69, 9.17) is 5.73 Å². The second kappa shape index (κ2) is 8.29. The number of rotatable bonds is 5. The van der Waals surface area contributed by atoms with E-state index in [1.165, 1.54) is 19.2 Å². The first-order valence-electron chi connectivity index (χ1n) is 9.51. The highest BCUT2D eigenvalue weighted by Gasteiger charge is 2.18. The summed E-state index contributed by atoms with van der Waals surface area (Å²) in [4.78, 5) is 15.8. The molecule has 4 aromatic rings. The predicted octanol–water partition coefficient (Wildman–Crippen LogP) is 5.35. The van der Waals surface area contributed by atoms with Crippen LogP contribution in [0.25, 0.3) is 21.9 Å². The van der Waals surface area contributed by atoms with Crippen LogP contribution in [-0.2, 0) is 10.1 Å². The molecule has 1 heterocycles. The highest BCUT2D eigenvalue weighted by molar-refractivity contribution is 7.86. The van der Waals surface area contributed by atoms with Crippen LogP contribution in [0.4, 0.5) is 17.1 Å². The van der Waals surface area contributed by atoms with Crippen LogP contribution in [0.15, 0.2) is 88.2 Å². The Labute approximate surface area is 184 Å². The van der Waals surface area contributed by atoms with Crippen LogP contribution in [0.2, 0.25) is 0 Å². The number of nitrogen functional groups attached to an aromatic ring is 1. The number of anilines is 1. The molecule has 0 atom stereocenters. The third-order valence-electron chi connectivity index (χ3n) is 4.92. The lowest BCUT2D eigenvalue weighted by Crippen LogP contribution is -2.01. The number of nitrogens with zero attached hydrogens (tertiary/aromatic N) is 3. The molecule has 0 radical (unpaired) electrons. The molecule has 0 aliphatic carbocycles. The normalized spacial score (nSPS) is 11.8. The molecule has 0 bridgehead atoms. The molecule has 4 rings (SSSR count). The van der Waals surface area contributed by atoms with E-state index in [1.807, 2.05) is 12.1 Å². The van der Waals surface area contributed by atoms with Gasteiger partial charge >= 0.3 is 0 Å². The first kappa shape index (κ1) is 21.3. The molecule has 0 fully saturated rings. The van der Waals surface area contributed by atoms with Crippen LogP contribution in [0.1, 0.15) is 17.3 Å². The summed E-state index contributed by atoms with van der Waals surface area (Å²) in [6, 6.07) is 16.6. The lowest BCUT2D eigenvalue weighted by atomic mass is 9.99. The van der Waals surface area contributed by atoms with Crippen LogP contribution in [0.3, 0.4) is 0 Å². The van der Waals surface area contributed by atoms with Crippen LogP contribution in [0, 0.1) is 0 Å². The molecule has 0 spiro atoms. The van der Waals surface area contributed by atoms with E-state index in [1.54, 1.807) is 48.7 Å². The van der Waals surface area contributed by atoms with Crippen LogP contribution >= 0.6 is 0 Å². The van der Waals surface area contributed by atoms with Crippen molar-refractivity contribution in [2.75, 3.05) is 5.73 Å². The molecular weight excluding hydrogens is 428 g/mol. The number of azo groups is 1. The van der Waals surface area contributed by atoms with Gasteiger partial charge in [0.25, 0.3) is 10.1 Å².